The van der Waals surface area contributed by atoms with Gasteiger partial charge in [0.15, 0.2) is 0 Å². The van der Waals surface area contributed by atoms with E-state index in [1.807, 2.05) is 12.3 Å². The number of para-hydroxylation sites is 1. The molecule has 0 aliphatic carbocycles. The number of benzene rings is 2. The highest BCUT2D eigenvalue weighted by Gasteiger charge is 2.24. The molecule has 0 unspecified atom stereocenters. The van der Waals surface area contributed by atoms with Crippen LogP contribution in [-0.4, -0.2) is 38.6 Å². The number of carboxylic acids is 1. The molecule has 6 heteroatoms. The van der Waals surface area contributed by atoms with Gasteiger partial charge < -0.3 is 9.67 Å². The number of nitrogens with zero attached hydrogens (tertiary/aromatic N) is 3. The Bertz CT molecular complexity index is 1280. The van der Waals surface area contributed by atoms with E-state index in [1.165, 1.54) is 34.2 Å². The van der Waals surface area contributed by atoms with E-state index in [2.05, 4.69) is 51.0 Å². The average molecular weight is 444 g/mol. The van der Waals surface area contributed by atoms with Crippen LogP contribution in [0.25, 0.3) is 10.9 Å². The van der Waals surface area contributed by atoms with Gasteiger partial charge in [-0.2, -0.15) is 0 Å². The van der Waals surface area contributed by atoms with Gasteiger partial charge in [0.25, 0.3) is 0 Å². The molecule has 168 valence electrons. The molecule has 1 fully saturated rings. The summed E-state index contributed by atoms with van der Waals surface area (Å²) in [4.78, 5) is 17.8. The van der Waals surface area contributed by atoms with Crippen molar-refractivity contribution in [2.75, 3.05) is 13.1 Å². The Morgan fingerprint density at radius 2 is 1.85 bits per heavy atom. The van der Waals surface area contributed by atoms with Crippen LogP contribution in [0.5, 0.6) is 0 Å². The lowest BCUT2D eigenvalue weighted by molar-refractivity contribution is 0.0691. The molecule has 0 radical (unpaired) electrons. The fourth-order valence-corrected chi connectivity index (χ4v) is 4.91. The SMILES string of the molecule is O=C(O)c1cc(CN2CCC(c3cn(Cc4cccnc4)c4ccccc34)CC2)ccc1F. The van der Waals surface area contributed by atoms with Crippen molar-refractivity contribution >= 4 is 16.9 Å². The van der Waals surface area contributed by atoms with Crippen molar-refractivity contribution in [3.63, 3.8) is 0 Å². The van der Waals surface area contributed by atoms with Gasteiger partial charge in [0.05, 0.1) is 5.56 Å². The van der Waals surface area contributed by atoms with E-state index < -0.39 is 11.8 Å². The van der Waals surface area contributed by atoms with Gasteiger partial charge in [0, 0.05) is 42.6 Å². The Morgan fingerprint density at radius 1 is 1.03 bits per heavy atom. The molecule has 5 nitrogen and oxygen atoms in total. The summed E-state index contributed by atoms with van der Waals surface area (Å²) in [5.74, 6) is -1.44. The molecule has 1 saturated heterocycles. The van der Waals surface area contributed by atoms with Gasteiger partial charge in [-0.1, -0.05) is 30.3 Å². The molecule has 1 aliphatic heterocycles. The summed E-state index contributed by atoms with van der Waals surface area (Å²) in [5.41, 5.74) is 4.39. The summed E-state index contributed by atoms with van der Waals surface area (Å²) in [6.07, 6.45) is 8.09. The van der Waals surface area contributed by atoms with Crippen molar-refractivity contribution < 1.29 is 14.3 Å². The van der Waals surface area contributed by atoms with Crippen molar-refractivity contribution in [1.29, 1.82) is 0 Å². The van der Waals surface area contributed by atoms with Crippen LogP contribution in [0.1, 0.15) is 45.8 Å². The number of piperidine rings is 1. The zero-order chi connectivity index (χ0) is 22.8. The largest absolute Gasteiger partial charge is 0.478 e. The fraction of sp³-hybridized carbons (Fsp3) is 0.259. The van der Waals surface area contributed by atoms with Crippen molar-refractivity contribution in [1.82, 2.24) is 14.5 Å². The maximum atomic E-state index is 13.7. The monoisotopic (exact) mass is 443 g/mol. The first-order chi connectivity index (χ1) is 16.1. The second-order valence-corrected chi connectivity index (χ2v) is 8.76. The Morgan fingerprint density at radius 3 is 2.61 bits per heavy atom. The molecule has 2 aromatic heterocycles. The Kier molecular flexibility index (Phi) is 5.92. The van der Waals surface area contributed by atoms with Gasteiger partial charge in [0.2, 0.25) is 0 Å². The lowest BCUT2D eigenvalue weighted by Crippen LogP contribution is -2.32. The smallest absolute Gasteiger partial charge is 0.338 e. The maximum absolute atomic E-state index is 13.7. The van der Waals surface area contributed by atoms with Gasteiger partial charge in [0.1, 0.15) is 5.82 Å². The number of aromatic nitrogens is 2. The van der Waals surface area contributed by atoms with E-state index in [9.17, 15) is 14.3 Å². The molecule has 4 aromatic rings. The van der Waals surface area contributed by atoms with Crippen LogP contribution in [0.2, 0.25) is 0 Å². The molecule has 1 N–H and O–H groups in total. The third-order valence-corrected chi connectivity index (χ3v) is 6.59. The topological polar surface area (TPSA) is 58.4 Å². The van der Waals surface area contributed by atoms with E-state index in [1.54, 1.807) is 12.3 Å². The van der Waals surface area contributed by atoms with E-state index >= 15 is 0 Å². The van der Waals surface area contributed by atoms with Gasteiger partial charge in [-0.3, -0.25) is 9.88 Å². The molecule has 1 aliphatic rings. The third-order valence-electron chi connectivity index (χ3n) is 6.59. The predicted molar refractivity (Wildman–Crippen MR) is 126 cm³/mol. The minimum Gasteiger partial charge on any atom is -0.478 e. The third kappa shape index (κ3) is 4.52. The average Bonchev–Trinajstić information content (AvgIpc) is 3.20. The number of pyridine rings is 1. The normalized spacial score (nSPS) is 15.2. The molecule has 5 rings (SSSR count). The van der Waals surface area contributed by atoms with Crippen LogP contribution < -0.4 is 0 Å². The number of likely N-dealkylation sites (tertiary alicyclic amines) is 1. The number of carboxylic acid groups (broad SMARTS) is 1. The van der Waals surface area contributed by atoms with E-state index in [4.69, 9.17) is 0 Å². The van der Waals surface area contributed by atoms with E-state index in [0.717, 1.165) is 38.0 Å². The number of rotatable bonds is 6. The Hall–Kier alpha value is -3.51. The molecule has 2 aromatic carbocycles. The maximum Gasteiger partial charge on any atom is 0.338 e. The number of fused-ring (bicyclic) bond motifs is 1. The molecule has 0 saturated carbocycles. The Balaban J connectivity index is 1.31. The highest BCUT2D eigenvalue weighted by Crippen LogP contribution is 2.35. The van der Waals surface area contributed by atoms with Crippen LogP contribution in [0.3, 0.4) is 0 Å². The van der Waals surface area contributed by atoms with E-state index in [0.29, 0.717) is 12.5 Å². The zero-order valence-electron chi connectivity index (χ0n) is 18.3. The summed E-state index contributed by atoms with van der Waals surface area (Å²) in [5, 5.41) is 10.5. The number of hydrogen-bond donors (Lipinski definition) is 1. The number of hydrogen-bond acceptors (Lipinski definition) is 3. The van der Waals surface area contributed by atoms with Crippen molar-refractivity contribution in [3.05, 3.63) is 101 Å². The summed E-state index contributed by atoms with van der Waals surface area (Å²) >= 11 is 0. The summed E-state index contributed by atoms with van der Waals surface area (Å²) in [7, 11) is 0. The van der Waals surface area contributed by atoms with Gasteiger partial charge in [-0.25, -0.2) is 9.18 Å². The zero-order valence-corrected chi connectivity index (χ0v) is 18.3. The summed E-state index contributed by atoms with van der Waals surface area (Å²) in [6.45, 7) is 3.28. The molecular formula is C27H26FN3O2. The van der Waals surface area contributed by atoms with Crippen LogP contribution in [0.15, 0.2) is 73.2 Å². The summed E-state index contributed by atoms with van der Waals surface area (Å²) < 4.78 is 16.0. The van der Waals surface area contributed by atoms with Crippen LogP contribution in [0.4, 0.5) is 4.39 Å². The highest BCUT2D eigenvalue weighted by atomic mass is 19.1. The fourth-order valence-electron chi connectivity index (χ4n) is 4.91. The second kappa shape index (κ2) is 9.16. The van der Waals surface area contributed by atoms with E-state index in [-0.39, 0.29) is 5.56 Å². The quantitative estimate of drug-likeness (QED) is 0.439. The second-order valence-electron chi connectivity index (χ2n) is 8.76. The van der Waals surface area contributed by atoms with Crippen molar-refractivity contribution in [3.8, 4) is 0 Å². The van der Waals surface area contributed by atoms with Crippen molar-refractivity contribution in [2.24, 2.45) is 0 Å². The molecule has 0 amide bonds. The lowest BCUT2D eigenvalue weighted by atomic mass is 9.89. The van der Waals surface area contributed by atoms with Crippen LogP contribution in [-0.2, 0) is 13.1 Å². The van der Waals surface area contributed by atoms with Gasteiger partial charge >= 0.3 is 5.97 Å². The minimum absolute atomic E-state index is 0.260. The minimum atomic E-state index is -1.23. The van der Waals surface area contributed by atoms with Gasteiger partial charge in [-0.15, -0.1) is 0 Å². The highest BCUT2D eigenvalue weighted by molar-refractivity contribution is 5.88. The first kappa shape index (κ1) is 21.3. The molecule has 0 bridgehead atoms. The van der Waals surface area contributed by atoms with Crippen molar-refractivity contribution in [2.45, 2.75) is 31.8 Å². The number of halogens is 1. The molecule has 33 heavy (non-hydrogen) atoms. The standard InChI is InChI=1S/C27H26FN3O2/c28-25-8-7-19(14-23(25)27(32)33)16-30-12-9-21(10-13-30)24-18-31(17-20-4-3-11-29-15-20)26-6-2-1-5-22(24)26/h1-8,11,14-15,18,21H,9-10,12-13,16-17H2,(H,32,33). The first-order valence-electron chi connectivity index (χ1n) is 11.3. The summed E-state index contributed by atoms with van der Waals surface area (Å²) in [6, 6.07) is 17.0. The lowest BCUT2D eigenvalue weighted by Gasteiger charge is -2.32. The first-order valence-corrected chi connectivity index (χ1v) is 11.3. The molecule has 0 atom stereocenters. The molecular weight excluding hydrogens is 417 g/mol. The Labute approximate surface area is 192 Å². The predicted octanol–water partition coefficient (Wildman–Crippen LogP) is 5.30. The van der Waals surface area contributed by atoms with Crippen LogP contribution >= 0.6 is 0 Å². The van der Waals surface area contributed by atoms with Gasteiger partial charge in [-0.05, 0) is 72.8 Å². The van der Waals surface area contributed by atoms with Crippen LogP contribution in [0, 0.1) is 5.82 Å². The molecule has 3 heterocycles. The number of aromatic carboxylic acids is 1. The number of carbonyl (C=O) groups is 1. The molecule has 0 spiro atoms.